The van der Waals surface area contributed by atoms with Crippen LogP contribution in [0.15, 0.2) is 72.8 Å². The molecular weight excluding hydrogens is 438 g/mol. The van der Waals surface area contributed by atoms with Gasteiger partial charge in [0.05, 0.1) is 24.7 Å². The van der Waals surface area contributed by atoms with E-state index in [-0.39, 0.29) is 11.8 Å². The highest BCUT2D eigenvalue weighted by molar-refractivity contribution is 6.30. The molecule has 168 valence electrons. The van der Waals surface area contributed by atoms with E-state index in [9.17, 15) is 4.79 Å². The van der Waals surface area contributed by atoms with E-state index in [1.807, 2.05) is 66.7 Å². The number of carbonyl (C=O) groups excluding carboxylic acids is 1. The SMILES string of the molecule is COc1ccc(OCCn2c([C@H]3CC(=O)N(c4cccc(Cl)c4)C3)nc3ccccc32)cc1. The van der Waals surface area contributed by atoms with E-state index in [4.69, 9.17) is 26.1 Å². The summed E-state index contributed by atoms with van der Waals surface area (Å²) in [4.78, 5) is 19.6. The topological polar surface area (TPSA) is 56.6 Å². The second-order valence-corrected chi connectivity index (χ2v) is 8.46. The first-order chi connectivity index (χ1) is 16.1. The molecule has 1 aliphatic heterocycles. The summed E-state index contributed by atoms with van der Waals surface area (Å²) in [7, 11) is 1.64. The average molecular weight is 462 g/mol. The van der Waals surface area contributed by atoms with Gasteiger partial charge in [0.1, 0.15) is 23.9 Å². The van der Waals surface area contributed by atoms with Crippen LogP contribution < -0.4 is 14.4 Å². The van der Waals surface area contributed by atoms with Crippen molar-refractivity contribution in [3.63, 3.8) is 0 Å². The van der Waals surface area contributed by atoms with E-state index >= 15 is 0 Å². The molecule has 2 heterocycles. The van der Waals surface area contributed by atoms with Crippen LogP contribution in [-0.2, 0) is 11.3 Å². The molecule has 0 aliphatic carbocycles. The summed E-state index contributed by atoms with van der Waals surface area (Å²) in [5, 5.41) is 0.617. The molecule has 1 saturated heterocycles. The maximum atomic E-state index is 12.9. The van der Waals surface area contributed by atoms with Gasteiger partial charge in [-0.15, -0.1) is 0 Å². The molecule has 6 nitrogen and oxygen atoms in total. The lowest BCUT2D eigenvalue weighted by atomic mass is 10.1. The number of fused-ring (bicyclic) bond motifs is 1. The number of carbonyl (C=O) groups is 1. The average Bonchev–Trinajstić information content (AvgIpc) is 3.40. The van der Waals surface area contributed by atoms with Gasteiger partial charge < -0.3 is 18.9 Å². The largest absolute Gasteiger partial charge is 0.497 e. The molecule has 0 saturated carbocycles. The first kappa shape index (κ1) is 21.3. The lowest BCUT2D eigenvalue weighted by Crippen LogP contribution is -2.24. The number of aromatic nitrogens is 2. The molecule has 3 aromatic carbocycles. The van der Waals surface area contributed by atoms with Crippen molar-refractivity contribution in [1.82, 2.24) is 9.55 Å². The van der Waals surface area contributed by atoms with Crippen LogP contribution in [-0.4, -0.2) is 35.7 Å². The molecule has 0 unspecified atom stereocenters. The summed E-state index contributed by atoms with van der Waals surface area (Å²) in [5.41, 5.74) is 2.78. The van der Waals surface area contributed by atoms with E-state index in [0.29, 0.717) is 31.1 Å². The number of hydrogen-bond donors (Lipinski definition) is 0. The number of methoxy groups -OCH3 is 1. The van der Waals surface area contributed by atoms with Crippen molar-refractivity contribution in [2.75, 3.05) is 25.2 Å². The van der Waals surface area contributed by atoms with Gasteiger partial charge in [0.15, 0.2) is 0 Å². The van der Waals surface area contributed by atoms with Crippen LogP contribution in [0.4, 0.5) is 5.69 Å². The lowest BCUT2D eigenvalue weighted by molar-refractivity contribution is -0.117. The second-order valence-electron chi connectivity index (χ2n) is 8.02. The van der Waals surface area contributed by atoms with Crippen LogP contribution in [0.1, 0.15) is 18.2 Å². The number of halogens is 1. The molecular formula is C26H24ClN3O3. The van der Waals surface area contributed by atoms with Gasteiger partial charge in [-0.1, -0.05) is 29.8 Å². The zero-order chi connectivity index (χ0) is 22.8. The Morgan fingerprint density at radius 3 is 2.61 bits per heavy atom. The van der Waals surface area contributed by atoms with Crippen molar-refractivity contribution >= 4 is 34.2 Å². The fourth-order valence-electron chi connectivity index (χ4n) is 4.34. The van der Waals surface area contributed by atoms with E-state index < -0.39 is 0 Å². The number of anilines is 1. The number of rotatable bonds is 7. The summed E-state index contributed by atoms with van der Waals surface area (Å²) in [6, 6.07) is 23.0. The number of hydrogen-bond acceptors (Lipinski definition) is 4. The predicted octanol–water partition coefficient (Wildman–Crippen LogP) is 5.30. The lowest BCUT2D eigenvalue weighted by Gasteiger charge is -2.18. The van der Waals surface area contributed by atoms with E-state index in [1.54, 1.807) is 12.0 Å². The van der Waals surface area contributed by atoms with E-state index in [1.165, 1.54) is 0 Å². The van der Waals surface area contributed by atoms with Crippen molar-refractivity contribution in [3.8, 4) is 11.5 Å². The first-order valence-electron chi connectivity index (χ1n) is 10.9. The molecule has 5 rings (SSSR count). The Balaban J connectivity index is 1.38. The molecule has 1 fully saturated rings. The van der Waals surface area contributed by atoms with Gasteiger partial charge in [0.25, 0.3) is 0 Å². The quantitative estimate of drug-likeness (QED) is 0.375. The smallest absolute Gasteiger partial charge is 0.227 e. The standard InChI is InChI=1S/C26H24ClN3O3/c1-32-21-9-11-22(12-10-21)33-14-13-29-24-8-3-2-7-23(24)28-26(29)18-15-25(31)30(17-18)20-6-4-5-19(27)16-20/h2-12,16,18H,13-15,17H2,1H3/t18-/m0/s1. The van der Waals surface area contributed by atoms with Gasteiger partial charge in [0.2, 0.25) is 5.91 Å². The monoisotopic (exact) mass is 461 g/mol. The van der Waals surface area contributed by atoms with Crippen LogP contribution in [0.2, 0.25) is 5.02 Å². The van der Waals surface area contributed by atoms with Crippen LogP contribution in [0.25, 0.3) is 11.0 Å². The zero-order valence-electron chi connectivity index (χ0n) is 18.3. The molecule has 33 heavy (non-hydrogen) atoms. The molecule has 4 aromatic rings. The molecule has 0 N–H and O–H groups in total. The highest BCUT2D eigenvalue weighted by Crippen LogP contribution is 2.34. The minimum atomic E-state index is -0.00938. The summed E-state index contributed by atoms with van der Waals surface area (Å²) in [6.07, 6.45) is 0.412. The van der Waals surface area contributed by atoms with E-state index in [2.05, 4.69) is 10.6 Å². The van der Waals surface area contributed by atoms with Crippen molar-refractivity contribution in [1.29, 1.82) is 0 Å². The Morgan fingerprint density at radius 2 is 1.82 bits per heavy atom. The van der Waals surface area contributed by atoms with Gasteiger partial charge in [0, 0.05) is 29.6 Å². The summed E-state index contributed by atoms with van der Waals surface area (Å²) in [5.74, 6) is 2.55. The number of nitrogens with zero attached hydrogens (tertiary/aromatic N) is 3. The zero-order valence-corrected chi connectivity index (χ0v) is 19.0. The first-order valence-corrected chi connectivity index (χ1v) is 11.3. The molecule has 7 heteroatoms. The van der Waals surface area contributed by atoms with Gasteiger partial charge in [-0.25, -0.2) is 4.98 Å². The fraction of sp³-hybridized carbons (Fsp3) is 0.231. The molecule has 1 amide bonds. The Morgan fingerprint density at radius 1 is 1.03 bits per heavy atom. The second kappa shape index (κ2) is 9.16. The number of amides is 1. The van der Waals surface area contributed by atoms with E-state index in [0.717, 1.165) is 34.0 Å². The molecule has 0 bridgehead atoms. The Kier molecular flexibility index (Phi) is 5.92. The Labute approximate surface area is 197 Å². The molecule has 1 aliphatic rings. The van der Waals surface area contributed by atoms with Crippen LogP contribution in [0.5, 0.6) is 11.5 Å². The maximum Gasteiger partial charge on any atom is 0.227 e. The third-order valence-corrected chi connectivity index (χ3v) is 6.17. The number of benzene rings is 3. The minimum Gasteiger partial charge on any atom is -0.497 e. The van der Waals surface area contributed by atoms with Gasteiger partial charge in [-0.05, 0) is 54.6 Å². The Hall–Kier alpha value is -3.51. The van der Waals surface area contributed by atoms with Gasteiger partial charge in [-0.3, -0.25) is 4.79 Å². The highest BCUT2D eigenvalue weighted by atomic mass is 35.5. The molecule has 0 spiro atoms. The number of imidazole rings is 1. The van der Waals surface area contributed by atoms with Crippen LogP contribution in [0, 0.1) is 0 Å². The normalized spacial score (nSPS) is 15.9. The third kappa shape index (κ3) is 4.39. The number of ether oxygens (including phenoxy) is 2. The van der Waals surface area contributed by atoms with Crippen LogP contribution >= 0.6 is 11.6 Å². The molecule has 0 radical (unpaired) electrons. The summed E-state index contributed by atoms with van der Waals surface area (Å²) < 4.78 is 13.4. The Bertz CT molecular complexity index is 1290. The minimum absolute atomic E-state index is 0.00938. The van der Waals surface area contributed by atoms with Gasteiger partial charge >= 0.3 is 0 Å². The van der Waals surface area contributed by atoms with Crippen molar-refractivity contribution < 1.29 is 14.3 Å². The molecule has 1 atom stereocenters. The van der Waals surface area contributed by atoms with Crippen molar-refractivity contribution in [3.05, 3.63) is 83.6 Å². The summed E-state index contributed by atoms with van der Waals surface area (Å²) in [6.45, 7) is 1.68. The number of para-hydroxylation sites is 2. The van der Waals surface area contributed by atoms with Gasteiger partial charge in [-0.2, -0.15) is 0 Å². The highest BCUT2D eigenvalue weighted by Gasteiger charge is 2.34. The van der Waals surface area contributed by atoms with Crippen LogP contribution in [0.3, 0.4) is 0 Å². The summed E-state index contributed by atoms with van der Waals surface area (Å²) >= 11 is 6.15. The third-order valence-electron chi connectivity index (χ3n) is 5.94. The fourth-order valence-corrected chi connectivity index (χ4v) is 4.53. The maximum absolute atomic E-state index is 12.9. The van der Waals surface area contributed by atoms with Crippen molar-refractivity contribution in [2.45, 2.75) is 18.9 Å². The van der Waals surface area contributed by atoms with Crippen molar-refractivity contribution in [2.24, 2.45) is 0 Å². The molecule has 1 aromatic heterocycles. The predicted molar refractivity (Wildman–Crippen MR) is 129 cm³/mol.